The van der Waals surface area contributed by atoms with Crippen LogP contribution in [0.5, 0.6) is 0 Å². The summed E-state index contributed by atoms with van der Waals surface area (Å²) in [4.78, 5) is 36.5. The summed E-state index contributed by atoms with van der Waals surface area (Å²) < 4.78 is 7.17. The van der Waals surface area contributed by atoms with Gasteiger partial charge in [-0.2, -0.15) is 0 Å². The Hall–Kier alpha value is -3.65. The second-order valence-corrected chi connectivity index (χ2v) is 12.1. The topological polar surface area (TPSA) is 70.9 Å². The standard InChI is InChI=1S/C31H37N5O3/c1-20-17-35(26-16-28(37)33(5)29-25(26)7-6-12-32-29)19-27-24-9-8-22(15-23(24)18-36(20)27)21-10-13-34(14-11-21)30(38)39-31(2,3)4/h6-10,12,15-16,20,27H,11,13-14,17-19H2,1-5H3/t20-,27-/m1/s1. The maximum Gasteiger partial charge on any atom is 0.410 e. The fourth-order valence-electron chi connectivity index (χ4n) is 6.27. The van der Waals surface area contributed by atoms with E-state index in [0.717, 1.165) is 42.8 Å². The quantitative estimate of drug-likeness (QED) is 0.480. The van der Waals surface area contributed by atoms with Crippen molar-refractivity contribution in [3.8, 4) is 0 Å². The summed E-state index contributed by atoms with van der Waals surface area (Å²) >= 11 is 0. The third-order valence-electron chi connectivity index (χ3n) is 8.24. The van der Waals surface area contributed by atoms with Crippen LogP contribution in [-0.2, 0) is 18.3 Å². The summed E-state index contributed by atoms with van der Waals surface area (Å²) in [7, 11) is 1.78. The average molecular weight is 528 g/mol. The fraction of sp³-hybridized carbons (Fsp3) is 0.452. The predicted molar refractivity (Wildman–Crippen MR) is 154 cm³/mol. The Kier molecular flexibility index (Phi) is 6.25. The van der Waals surface area contributed by atoms with Crippen LogP contribution in [0.2, 0.25) is 0 Å². The second-order valence-electron chi connectivity index (χ2n) is 12.1. The van der Waals surface area contributed by atoms with Crippen LogP contribution in [0.1, 0.15) is 56.8 Å². The molecule has 204 valence electrons. The number of nitrogens with zero attached hydrogens (tertiary/aromatic N) is 5. The van der Waals surface area contributed by atoms with E-state index in [0.29, 0.717) is 19.1 Å². The molecule has 0 radical (unpaired) electrons. The summed E-state index contributed by atoms with van der Waals surface area (Å²) in [6, 6.07) is 13.2. The molecule has 0 spiro atoms. The van der Waals surface area contributed by atoms with Gasteiger partial charge in [-0.1, -0.05) is 18.2 Å². The summed E-state index contributed by atoms with van der Waals surface area (Å²) in [5.41, 5.74) is 6.44. The zero-order valence-corrected chi connectivity index (χ0v) is 23.5. The summed E-state index contributed by atoms with van der Waals surface area (Å²) in [5, 5.41) is 1.01. The second kappa shape index (κ2) is 9.52. The Morgan fingerprint density at radius 3 is 2.69 bits per heavy atom. The number of carbonyl (C=O) groups excluding carboxylic acids is 1. The molecule has 1 aromatic carbocycles. The van der Waals surface area contributed by atoms with Crippen molar-refractivity contribution in [2.75, 3.05) is 31.1 Å². The van der Waals surface area contributed by atoms with Gasteiger partial charge in [0.2, 0.25) is 0 Å². The number of aryl methyl sites for hydroxylation is 1. The first-order valence-corrected chi connectivity index (χ1v) is 13.8. The van der Waals surface area contributed by atoms with Gasteiger partial charge in [-0.25, -0.2) is 9.78 Å². The number of fused-ring (bicyclic) bond motifs is 4. The van der Waals surface area contributed by atoms with Gasteiger partial charge in [0.1, 0.15) is 11.2 Å². The Bertz CT molecular complexity index is 1540. The Balaban J connectivity index is 1.24. The molecule has 1 amide bonds. The summed E-state index contributed by atoms with van der Waals surface area (Å²) in [5.74, 6) is 0. The van der Waals surface area contributed by atoms with E-state index in [1.165, 1.54) is 22.3 Å². The molecule has 3 aliphatic rings. The maximum atomic E-state index is 12.8. The van der Waals surface area contributed by atoms with E-state index in [1.54, 1.807) is 28.8 Å². The van der Waals surface area contributed by atoms with Crippen LogP contribution in [0.25, 0.3) is 16.6 Å². The first-order valence-electron chi connectivity index (χ1n) is 13.8. The van der Waals surface area contributed by atoms with Crippen LogP contribution in [0.15, 0.2) is 53.5 Å². The predicted octanol–water partition coefficient (Wildman–Crippen LogP) is 4.72. The lowest BCUT2D eigenvalue weighted by Gasteiger charge is -2.43. The smallest absolute Gasteiger partial charge is 0.410 e. The lowest BCUT2D eigenvalue weighted by atomic mass is 9.94. The monoisotopic (exact) mass is 527 g/mol. The maximum absolute atomic E-state index is 12.8. The third kappa shape index (κ3) is 4.71. The zero-order valence-electron chi connectivity index (χ0n) is 23.5. The molecule has 8 nitrogen and oxygen atoms in total. The normalized spacial score (nSPS) is 21.5. The number of rotatable bonds is 2. The lowest BCUT2D eigenvalue weighted by Crippen LogP contribution is -2.51. The summed E-state index contributed by atoms with van der Waals surface area (Å²) in [6.07, 6.45) is 4.48. The van der Waals surface area contributed by atoms with Crippen LogP contribution < -0.4 is 10.5 Å². The molecular formula is C31H37N5O3. The minimum Gasteiger partial charge on any atom is -0.444 e. The molecular weight excluding hydrogens is 490 g/mol. The number of anilines is 1. The van der Waals surface area contributed by atoms with Gasteiger partial charge in [-0.3, -0.25) is 14.3 Å². The lowest BCUT2D eigenvalue weighted by molar-refractivity contribution is 0.0270. The summed E-state index contributed by atoms with van der Waals surface area (Å²) in [6.45, 7) is 11.8. The highest BCUT2D eigenvalue weighted by Crippen LogP contribution is 2.41. The van der Waals surface area contributed by atoms with Crippen LogP contribution >= 0.6 is 0 Å². The van der Waals surface area contributed by atoms with Crippen molar-refractivity contribution >= 4 is 28.4 Å². The van der Waals surface area contributed by atoms with Crippen molar-refractivity contribution in [3.63, 3.8) is 0 Å². The van der Waals surface area contributed by atoms with Crippen molar-refractivity contribution in [3.05, 3.63) is 75.7 Å². The van der Waals surface area contributed by atoms with Gasteiger partial charge in [-0.05, 0) is 74.6 Å². The largest absolute Gasteiger partial charge is 0.444 e. The number of ether oxygens (including phenoxy) is 1. The van der Waals surface area contributed by atoms with Gasteiger partial charge in [0, 0.05) is 63.5 Å². The molecule has 1 saturated heterocycles. The van der Waals surface area contributed by atoms with Gasteiger partial charge in [-0.15, -0.1) is 0 Å². The third-order valence-corrected chi connectivity index (χ3v) is 8.24. The van der Waals surface area contributed by atoms with Crippen molar-refractivity contribution in [2.24, 2.45) is 7.05 Å². The minimum atomic E-state index is -0.487. The molecule has 0 aliphatic carbocycles. The van der Waals surface area contributed by atoms with Crippen LogP contribution in [0.4, 0.5) is 10.5 Å². The number of aromatic nitrogens is 2. The Labute approximate surface area is 229 Å². The molecule has 2 aromatic heterocycles. The van der Waals surface area contributed by atoms with Crippen molar-refractivity contribution < 1.29 is 9.53 Å². The molecule has 0 saturated carbocycles. The number of hydrogen-bond donors (Lipinski definition) is 0. The molecule has 6 rings (SSSR count). The van der Waals surface area contributed by atoms with Crippen LogP contribution in [0, 0.1) is 0 Å². The van der Waals surface area contributed by atoms with E-state index in [2.05, 4.69) is 52.0 Å². The Morgan fingerprint density at radius 1 is 1.13 bits per heavy atom. The average Bonchev–Trinajstić information content (AvgIpc) is 3.28. The van der Waals surface area contributed by atoms with Gasteiger partial charge in [0.05, 0.1) is 11.7 Å². The van der Waals surface area contributed by atoms with Crippen molar-refractivity contribution in [1.29, 1.82) is 0 Å². The van der Waals surface area contributed by atoms with E-state index in [-0.39, 0.29) is 17.7 Å². The zero-order chi connectivity index (χ0) is 27.5. The number of amides is 1. The van der Waals surface area contributed by atoms with Crippen LogP contribution in [-0.4, -0.2) is 63.3 Å². The van der Waals surface area contributed by atoms with Gasteiger partial charge in [0.25, 0.3) is 5.56 Å². The molecule has 8 heteroatoms. The Morgan fingerprint density at radius 2 is 1.95 bits per heavy atom. The number of pyridine rings is 2. The van der Waals surface area contributed by atoms with E-state index < -0.39 is 5.60 Å². The van der Waals surface area contributed by atoms with Crippen LogP contribution in [0.3, 0.4) is 0 Å². The number of benzene rings is 1. The highest BCUT2D eigenvalue weighted by Gasteiger charge is 2.39. The molecule has 5 heterocycles. The van der Waals surface area contributed by atoms with E-state index in [4.69, 9.17) is 4.74 Å². The number of carbonyl (C=O) groups is 1. The number of piperazine rings is 1. The molecule has 0 N–H and O–H groups in total. The van der Waals surface area contributed by atoms with E-state index in [9.17, 15) is 9.59 Å². The van der Waals surface area contributed by atoms with Gasteiger partial charge in [0.15, 0.2) is 0 Å². The highest BCUT2D eigenvalue weighted by molar-refractivity contribution is 5.89. The molecule has 0 unspecified atom stereocenters. The van der Waals surface area contributed by atoms with Gasteiger partial charge < -0.3 is 14.5 Å². The van der Waals surface area contributed by atoms with Gasteiger partial charge >= 0.3 is 6.09 Å². The number of hydrogen-bond acceptors (Lipinski definition) is 6. The van der Waals surface area contributed by atoms with Crippen molar-refractivity contribution in [1.82, 2.24) is 19.4 Å². The SMILES string of the molecule is C[C@@H]1CN(c2cc(=O)n(C)c3ncccc23)C[C@@H]2c3ccc(C4=CCN(C(=O)OC(C)(C)C)CC4)cc3CN12. The highest BCUT2D eigenvalue weighted by atomic mass is 16.6. The fourth-order valence-corrected chi connectivity index (χ4v) is 6.27. The minimum absolute atomic E-state index is 0.0336. The molecule has 0 bridgehead atoms. The van der Waals surface area contributed by atoms with E-state index >= 15 is 0 Å². The molecule has 39 heavy (non-hydrogen) atoms. The first-order chi connectivity index (χ1) is 18.6. The molecule has 3 aliphatic heterocycles. The molecule has 1 fully saturated rings. The van der Waals surface area contributed by atoms with E-state index in [1.807, 2.05) is 26.8 Å². The first kappa shape index (κ1) is 25.6. The van der Waals surface area contributed by atoms with Crippen molar-refractivity contribution in [2.45, 2.75) is 58.3 Å². The molecule has 2 atom stereocenters. The molecule has 3 aromatic rings.